The Morgan fingerprint density at radius 1 is 0.596 bits per heavy atom. The van der Waals surface area contributed by atoms with Gasteiger partial charge in [0.05, 0.1) is 11.0 Å². The van der Waals surface area contributed by atoms with E-state index in [1.165, 1.54) is 37.2 Å². The molecule has 7 aromatic rings. The minimum Gasteiger partial charge on any atom is -0.308 e. The Morgan fingerprint density at radius 3 is 2.11 bits per heavy atom. The van der Waals surface area contributed by atoms with Crippen LogP contribution in [0.2, 0.25) is 0 Å². The molecule has 224 valence electrons. The van der Waals surface area contributed by atoms with Crippen LogP contribution in [0.3, 0.4) is 0 Å². The fourth-order valence-electron chi connectivity index (χ4n) is 6.15. The molecule has 0 bridgehead atoms. The van der Waals surface area contributed by atoms with Gasteiger partial charge in [0, 0.05) is 43.1 Å². The second-order valence-electron chi connectivity index (χ2n) is 11.5. The number of aromatic nitrogens is 1. The van der Waals surface area contributed by atoms with Gasteiger partial charge in [-0.05, 0) is 47.9 Å². The monoisotopic (exact) mass is 622 g/mol. The van der Waals surface area contributed by atoms with Crippen molar-refractivity contribution in [1.29, 1.82) is 5.41 Å². The van der Waals surface area contributed by atoms with E-state index in [0.29, 0.717) is 5.84 Å². The Kier molecular flexibility index (Phi) is 7.44. The lowest BCUT2D eigenvalue weighted by Gasteiger charge is -2.14. The Hall–Kier alpha value is -5.78. The Balaban J connectivity index is 1.28. The van der Waals surface area contributed by atoms with E-state index in [4.69, 9.17) is 15.4 Å². The van der Waals surface area contributed by atoms with E-state index in [0.717, 1.165) is 33.6 Å². The van der Waals surface area contributed by atoms with E-state index < -0.39 is 0 Å². The second-order valence-corrected chi connectivity index (χ2v) is 12.5. The van der Waals surface area contributed by atoms with E-state index >= 15 is 0 Å². The highest BCUT2D eigenvalue weighted by atomic mass is 32.2. The van der Waals surface area contributed by atoms with Crippen LogP contribution < -0.4 is 0 Å². The molecule has 2 heterocycles. The fourth-order valence-corrected chi connectivity index (χ4v) is 7.32. The molecule has 8 rings (SSSR count). The minimum absolute atomic E-state index is 0.175. The first-order valence-corrected chi connectivity index (χ1v) is 16.4. The first-order chi connectivity index (χ1) is 23.1. The number of para-hydroxylation sites is 1. The molecule has 1 N–H and O–H groups in total. The third-order valence-corrected chi connectivity index (χ3v) is 9.71. The third-order valence-electron chi connectivity index (χ3n) is 8.49. The van der Waals surface area contributed by atoms with E-state index in [1.807, 2.05) is 79.3 Å². The number of hydrogen-bond acceptors (Lipinski definition) is 2. The van der Waals surface area contributed by atoms with Gasteiger partial charge in [0.25, 0.3) is 0 Å². The minimum atomic E-state index is 0.175. The maximum Gasteiger partial charge on any atom is 0.161 e. The summed E-state index contributed by atoms with van der Waals surface area (Å²) in [7, 11) is 0. The molecule has 1 aliphatic rings. The van der Waals surface area contributed by atoms with Crippen molar-refractivity contribution in [3.63, 3.8) is 0 Å². The molecular formula is C42H30N4S. The molecule has 0 amide bonds. The van der Waals surface area contributed by atoms with Crippen LogP contribution in [-0.2, 0) is 0 Å². The van der Waals surface area contributed by atoms with Crippen LogP contribution in [0.1, 0.15) is 34.7 Å². The predicted octanol–water partition coefficient (Wildman–Crippen LogP) is 10.7. The summed E-state index contributed by atoms with van der Waals surface area (Å²) in [6, 6.07) is 49.8. The number of rotatable bonds is 4. The maximum atomic E-state index is 8.71. The summed E-state index contributed by atoms with van der Waals surface area (Å²) >= 11 is 1.83. The van der Waals surface area contributed by atoms with Gasteiger partial charge >= 0.3 is 0 Å². The summed E-state index contributed by atoms with van der Waals surface area (Å²) < 4.78 is 2.40. The van der Waals surface area contributed by atoms with Gasteiger partial charge in [0.1, 0.15) is 0 Å². The topological polar surface area (TPSA) is 53.5 Å². The number of amidine groups is 2. The second kappa shape index (κ2) is 12.2. The van der Waals surface area contributed by atoms with Crippen LogP contribution >= 0.6 is 11.8 Å². The summed E-state index contributed by atoms with van der Waals surface area (Å²) in [4.78, 5) is 12.2. The summed E-state index contributed by atoms with van der Waals surface area (Å²) in [5, 5.41) is 11.2. The molecule has 0 saturated carbocycles. The van der Waals surface area contributed by atoms with E-state index in [9.17, 15) is 0 Å². The summed E-state index contributed by atoms with van der Waals surface area (Å²) in [5.74, 6) is 0.681. The van der Waals surface area contributed by atoms with Crippen molar-refractivity contribution in [2.24, 2.45) is 9.98 Å². The molecule has 1 aliphatic heterocycles. The lowest BCUT2D eigenvalue weighted by Crippen LogP contribution is -2.08. The lowest BCUT2D eigenvalue weighted by molar-refractivity contribution is 1.15. The highest BCUT2D eigenvalue weighted by Gasteiger charge is 2.20. The quantitative estimate of drug-likeness (QED) is 0.154. The van der Waals surface area contributed by atoms with Gasteiger partial charge in [-0.15, -0.1) is 0 Å². The van der Waals surface area contributed by atoms with Gasteiger partial charge in [-0.1, -0.05) is 145 Å². The zero-order valence-corrected chi connectivity index (χ0v) is 26.6. The van der Waals surface area contributed by atoms with Crippen LogP contribution in [0, 0.1) is 5.41 Å². The Labute approximate surface area is 278 Å². The fraction of sp³-hybridized carbons (Fsp3) is 0.0238. The van der Waals surface area contributed by atoms with E-state index in [-0.39, 0.29) is 5.84 Å². The van der Waals surface area contributed by atoms with E-state index in [2.05, 4.69) is 102 Å². The molecule has 1 aromatic heterocycles. The SMILES string of the molecule is C/C(=N\C(=N/C(=N)c1ccccc1)c1ccccc1)c1cccc(-n2c3ccccc3c3ccc4c(c32)Sc2ccccc2C=C4)c1. The largest absolute Gasteiger partial charge is 0.308 e. The molecule has 47 heavy (non-hydrogen) atoms. The standard InChI is InChI=1S/C42H30N4S/c1-28(44-42(32-16-6-3-7-17-32)45-41(43)31-14-4-2-5-15-31)33-18-12-19-34(27-33)46-37-21-10-9-20-35(37)36-26-25-30-24-23-29-13-8-11-22-38(29)47-40(30)39(36)46/h2-27,43H,1H3/b43-41?,44-28+,45-42-. The number of aliphatic imine (C=N–C) groups is 2. The summed E-state index contributed by atoms with van der Waals surface area (Å²) in [5.41, 5.74) is 9.28. The normalized spacial score (nSPS) is 13.0. The van der Waals surface area contributed by atoms with Gasteiger partial charge in [-0.2, -0.15) is 0 Å². The van der Waals surface area contributed by atoms with Gasteiger partial charge < -0.3 is 4.57 Å². The average Bonchev–Trinajstić information content (AvgIpc) is 3.34. The van der Waals surface area contributed by atoms with Crippen molar-refractivity contribution in [2.45, 2.75) is 16.7 Å². The zero-order chi connectivity index (χ0) is 31.7. The number of nitrogens with zero attached hydrogens (tertiary/aromatic N) is 3. The Bertz CT molecular complexity index is 2400. The average molecular weight is 623 g/mol. The molecule has 0 aliphatic carbocycles. The molecular weight excluding hydrogens is 593 g/mol. The molecule has 6 aromatic carbocycles. The molecule has 0 atom stereocenters. The van der Waals surface area contributed by atoms with Crippen LogP contribution in [0.25, 0.3) is 39.6 Å². The summed E-state index contributed by atoms with van der Waals surface area (Å²) in [6.45, 7) is 2.01. The number of nitrogens with one attached hydrogen (secondary N) is 1. The molecule has 0 fully saturated rings. The number of fused-ring (bicyclic) bond motifs is 6. The van der Waals surface area contributed by atoms with Crippen molar-refractivity contribution in [2.75, 3.05) is 0 Å². The van der Waals surface area contributed by atoms with Crippen molar-refractivity contribution >= 4 is 63.1 Å². The third kappa shape index (κ3) is 5.41. The molecule has 4 nitrogen and oxygen atoms in total. The Morgan fingerprint density at radius 2 is 1.28 bits per heavy atom. The van der Waals surface area contributed by atoms with Crippen molar-refractivity contribution < 1.29 is 0 Å². The van der Waals surface area contributed by atoms with E-state index in [1.54, 1.807) is 0 Å². The first kappa shape index (κ1) is 28.7. The van der Waals surface area contributed by atoms with Gasteiger partial charge in [-0.3, -0.25) is 5.41 Å². The van der Waals surface area contributed by atoms with Crippen LogP contribution in [0.5, 0.6) is 0 Å². The van der Waals surface area contributed by atoms with Crippen molar-refractivity contribution in [3.05, 3.63) is 173 Å². The number of hydrogen-bond donors (Lipinski definition) is 1. The maximum absolute atomic E-state index is 8.71. The van der Waals surface area contributed by atoms with Gasteiger partial charge in [-0.25, -0.2) is 9.98 Å². The zero-order valence-electron chi connectivity index (χ0n) is 25.8. The van der Waals surface area contributed by atoms with Crippen LogP contribution in [0.15, 0.2) is 165 Å². The van der Waals surface area contributed by atoms with Gasteiger partial charge in [0.2, 0.25) is 0 Å². The summed E-state index contributed by atoms with van der Waals surface area (Å²) in [6.07, 6.45) is 4.46. The smallest absolute Gasteiger partial charge is 0.161 e. The molecule has 0 radical (unpaired) electrons. The molecule has 5 heteroatoms. The lowest BCUT2D eigenvalue weighted by atomic mass is 10.1. The molecule has 0 saturated heterocycles. The molecule has 0 unspecified atom stereocenters. The van der Waals surface area contributed by atoms with Crippen molar-refractivity contribution in [1.82, 2.24) is 4.57 Å². The van der Waals surface area contributed by atoms with Crippen LogP contribution in [0.4, 0.5) is 0 Å². The van der Waals surface area contributed by atoms with Gasteiger partial charge in [0.15, 0.2) is 11.7 Å². The predicted molar refractivity (Wildman–Crippen MR) is 199 cm³/mol. The molecule has 0 spiro atoms. The van der Waals surface area contributed by atoms with Crippen LogP contribution in [-0.4, -0.2) is 22.0 Å². The highest BCUT2D eigenvalue weighted by Crippen LogP contribution is 2.45. The highest BCUT2D eigenvalue weighted by molar-refractivity contribution is 7.99. The number of benzene rings is 6. The first-order valence-electron chi connectivity index (χ1n) is 15.6. The van der Waals surface area contributed by atoms with Crippen molar-refractivity contribution in [3.8, 4) is 5.69 Å².